The molecule has 0 spiro atoms. The molecule has 0 atom stereocenters. The van der Waals surface area contributed by atoms with E-state index in [9.17, 15) is 0 Å². The summed E-state index contributed by atoms with van der Waals surface area (Å²) in [4.78, 5) is 9.77. The number of rotatable bonds is 5. The van der Waals surface area contributed by atoms with Gasteiger partial charge in [0.05, 0.1) is 45.2 Å². The average molecular weight is 392 g/mol. The van der Waals surface area contributed by atoms with Gasteiger partial charge in [0.25, 0.3) is 0 Å². The maximum atomic E-state index is 5.56. The van der Waals surface area contributed by atoms with Gasteiger partial charge in [-0.2, -0.15) is 0 Å². The molecule has 150 valence electrons. The summed E-state index contributed by atoms with van der Waals surface area (Å²) in [6.07, 6.45) is 0.794. The Hall–Kier alpha value is -3.28. The summed E-state index contributed by atoms with van der Waals surface area (Å²) < 4.78 is 22.1. The van der Waals surface area contributed by atoms with E-state index >= 15 is 0 Å². The van der Waals surface area contributed by atoms with Gasteiger partial charge in [-0.15, -0.1) is 0 Å². The molecular weight excluding hydrogens is 368 g/mol. The van der Waals surface area contributed by atoms with E-state index in [4.69, 9.17) is 28.9 Å². The molecule has 0 fully saturated rings. The van der Waals surface area contributed by atoms with Crippen LogP contribution in [0.25, 0.3) is 32.6 Å². The van der Waals surface area contributed by atoms with Crippen molar-refractivity contribution in [2.45, 2.75) is 20.3 Å². The lowest BCUT2D eigenvalue weighted by atomic mass is 9.97. The third-order valence-electron chi connectivity index (χ3n) is 5.32. The molecule has 4 rings (SSSR count). The quantitative estimate of drug-likeness (QED) is 0.453. The molecular formula is C23H24N2O4. The Kier molecular flexibility index (Phi) is 4.78. The van der Waals surface area contributed by atoms with Crippen molar-refractivity contribution in [3.8, 4) is 23.0 Å². The summed E-state index contributed by atoms with van der Waals surface area (Å²) in [5.41, 5.74) is 3.63. The second kappa shape index (κ2) is 7.28. The highest BCUT2D eigenvalue weighted by molar-refractivity contribution is 6.20. The van der Waals surface area contributed by atoms with Crippen molar-refractivity contribution < 1.29 is 18.9 Å². The molecule has 0 unspecified atom stereocenters. The predicted octanol–water partition coefficient (Wildman–Crippen LogP) is 4.84. The fraction of sp³-hybridized carbons (Fsp3) is 0.304. The van der Waals surface area contributed by atoms with Gasteiger partial charge in [-0.05, 0) is 25.5 Å². The van der Waals surface area contributed by atoms with Crippen molar-refractivity contribution in [3.63, 3.8) is 0 Å². The number of aromatic nitrogens is 2. The van der Waals surface area contributed by atoms with Crippen LogP contribution >= 0.6 is 0 Å². The maximum absolute atomic E-state index is 5.56. The third-order valence-corrected chi connectivity index (χ3v) is 5.32. The van der Waals surface area contributed by atoms with Gasteiger partial charge in [0.2, 0.25) is 0 Å². The molecule has 0 saturated carbocycles. The number of ether oxygens (including phenoxy) is 4. The number of hydrogen-bond acceptors (Lipinski definition) is 6. The lowest BCUT2D eigenvalue weighted by Gasteiger charge is -2.17. The molecule has 0 N–H and O–H groups in total. The topological polar surface area (TPSA) is 62.7 Å². The summed E-state index contributed by atoms with van der Waals surface area (Å²) in [5.74, 6) is 2.63. The third kappa shape index (κ3) is 2.87. The van der Waals surface area contributed by atoms with E-state index in [1.807, 2.05) is 31.2 Å². The fourth-order valence-corrected chi connectivity index (χ4v) is 3.96. The fourth-order valence-electron chi connectivity index (χ4n) is 3.96. The minimum atomic E-state index is 0.652. The van der Waals surface area contributed by atoms with Gasteiger partial charge >= 0.3 is 0 Å². The Labute approximate surface area is 169 Å². The van der Waals surface area contributed by atoms with Crippen molar-refractivity contribution in [1.82, 2.24) is 9.97 Å². The first-order valence-corrected chi connectivity index (χ1v) is 9.46. The molecule has 2 aromatic carbocycles. The first-order valence-electron chi connectivity index (χ1n) is 9.46. The average Bonchev–Trinajstić information content (AvgIpc) is 2.76. The Morgan fingerprint density at radius 1 is 0.655 bits per heavy atom. The monoisotopic (exact) mass is 392 g/mol. The van der Waals surface area contributed by atoms with Crippen molar-refractivity contribution in [1.29, 1.82) is 0 Å². The molecule has 0 aliphatic rings. The van der Waals surface area contributed by atoms with Gasteiger partial charge in [0.1, 0.15) is 0 Å². The summed E-state index contributed by atoms with van der Waals surface area (Å²) >= 11 is 0. The first kappa shape index (κ1) is 19.1. The lowest BCUT2D eigenvalue weighted by molar-refractivity contribution is 0.355. The van der Waals surface area contributed by atoms with Crippen LogP contribution in [0.4, 0.5) is 0 Å². The molecule has 0 aliphatic carbocycles. The van der Waals surface area contributed by atoms with E-state index in [0.717, 1.165) is 50.4 Å². The molecule has 0 amide bonds. The molecule has 6 heteroatoms. The van der Waals surface area contributed by atoms with Gasteiger partial charge in [-0.3, -0.25) is 9.97 Å². The van der Waals surface area contributed by atoms with E-state index in [2.05, 4.69) is 6.92 Å². The number of nitrogens with zero attached hydrogens (tertiary/aromatic N) is 2. The number of aryl methyl sites for hydroxylation is 2. The Morgan fingerprint density at radius 3 is 1.55 bits per heavy atom. The predicted molar refractivity (Wildman–Crippen MR) is 115 cm³/mol. The van der Waals surface area contributed by atoms with Crippen LogP contribution in [0.15, 0.2) is 24.3 Å². The Balaban J connectivity index is 2.29. The number of benzene rings is 2. The normalized spacial score (nSPS) is 11.2. The molecule has 2 heterocycles. The highest BCUT2D eigenvalue weighted by Crippen LogP contribution is 2.41. The van der Waals surface area contributed by atoms with E-state index in [-0.39, 0.29) is 0 Å². The van der Waals surface area contributed by atoms with Crippen LogP contribution in [0.2, 0.25) is 0 Å². The molecule has 29 heavy (non-hydrogen) atoms. The largest absolute Gasteiger partial charge is 0.493 e. The van der Waals surface area contributed by atoms with Crippen LogP contribution in [0, 0.1) is 6.92 Å². The SMILES string of the molecule is CCc1nc2cc(OC)c(OC)cc2c2c1c(C)nc1cc(OC)c(OC)cc12. The Morgan fingerprint density at radius 2 is 1.10 bits per heavy atom. The van der Waals surface area contributed by atoms with Crippen LogP contribution in [0.1, 0.15) is 18.3 Å². The molecule has 6 nitrogen and oxygen atoms in total. The molecule has 2 aromatic heterocycles. The van der Waals surface area contributed by atoms with Crippen LogP contribution < -0.4 is 18.9 Å². The molecule has 4 aromatic rings. The lowest BCUT2D eigenvalue weighted by Crippen LogP contribution is -2.00. The van der Waals surface area contributed by atoms with Crippen LogP contribution in [0.3, 0.4) is 0 Å². The zero-order valence-electron chi connectivity index (χ0n) is 17.5. The zero-order valence-corrected chi connectivity index (χ0v) is 17.5. The van der Waals surface area contributed by atoms with E-state index in [1.54, 1.807) is 28.4 Å². The molecule has 0 bridgehead atoms. The maximum Gasteiger partial charge on any atom is 0.162 e. The summed E-state index contributed by atoms with van der Waals surface area (Å²) in [5, 5.41) is 4.11. The Bertz CT molecular complexity index is 1230. The summed E-state index contributed by atoms with van der Waals surface area (Å²) in [7, 11) is 6.53. The van der Waals surface area contributed by atoms with Gasteiger partial charge in [0.15, 0.2) is 23.0 Å². The minimum Gasteiger partial charge on any atom is -0.493 e. The van der Waals surface area contributed by atoms with Gasteiger partial charge < -0.3 is 18.9 Å². The zero-order chi connectivity index (χ0) is 20.7. The summed E-state index contributed by atoms with van der Waals surface area (Å²) in [6.45, 7) is 4.12. The number of methoxy groups -OCH3 is 4. The van der Waals surface area contributed by atoms with Crippen molar-refractivity contribution >= 4 is 32.6 Å². The number of hydrogen-bond donors (Lipinski definition) is 0. The van der Waals surface area contributed by atoms with Gasteiger partial charge in [-0.1, -0.05) is 6.92 Å². The number of pyridine rings is 2. The highest BCUT2D eigenvalue weighted by atomic mass is 16.5. The van der Waals surface area contributed by atoms with Gasteiger partial charge in [0, 0.05) is 39.4 Å². The molecule has 0 saturated heterocycles. The van der Waals surface area contributed by atoms with Crippen LogP contribution in [-0.2, 0) is 6.42 Å². The number of fused-ring (bicyclic) bond motifs is 5. The smallest absolute Gasteiger partial charge is 0.162 e. The van der Waals surface area contributed by atoms with Crippen molar-refractivity contribution in [2.75, 3.05) is 28.4 Å². The van der Waals surface area contributed by atoms with Gasteiger partial charge in [-0.25, -0.2) is 0 Å². The van der Waals surface area contributed by atoms with Crippen molar-refractivity contribution in [2.24, 2.45) is 0 Å². The van der Waals surface area contributed by atoms with E-state index in [1.165, 1.54) is 0 Å². The van der Waals surface area contributed by atoms with E-state index < -0.39 is 0 Å². The van der Waals surface area contributed by atoms with Crippen molar-refractivity contribution in [3.05, 3.63) is 35.7 Å². The van der Waals surface area contributed by atoms with E-state index in [0.29, 0.717) is 23.0 Å². The summed E-state index contributed by atoms with van der Waals surface area (Å²) in [6, 6.07) is 7.81. The minimum absolute atomic E-state index is 0.652. The van der Waals surface area contributed by atoms with Crippen LogP contribution in [-0.4, -0.2) is 38.4 Å². The first-order chi connectivity index (χ1) is 14.1. The highest BCUT2D eigenvalue weighted by Gasteiger charge is 2.19. The molecule has 0 aliphatic heterocycles. The van der Waals surface area contributed by atoms with Crippen LogP contribution in [0.5, 0.6) is 23.0 Å². The molecule has 0 radical (unpaired) electrons. The standard InChI is InChI=1S/C23H24N2O4/c1-7-15-22-12(2)24-16-10-20(28-5)18(26-3)8-13(16)23(22)14-9-19(27-4)21(29-6)11-17(14)25-15/h8-11H,7H2,1-6H3. The second-order valence-corrected chi connectivity index (χ2v) is 6.81. The second-order valence-electron chi connectivity index (χ2n) is 6.81.